The number of allylic oxidation sites excluding steroid dienone is 6. The van der Waals surface area contributed by atoms with E-state index in [1.165, 1.54) is 33.3 Å². The molecule has 0 unspecified atom stereocenters. The van der Waals surface area contributed by atoms with E-state index in [0.717, 1.165) is 6.08 Å². The Morgan fingerprint density at radius 3 is 1.94 bits per heavy atom. The summed E-state index contributed by atoms with van der Waals surface area (Å²) in [5, 5.41) is 10.5. The van der Waals surface area contributed by atoms with Gasteiger partial charge < -0.3 is 14.6 Å². The van der Waals surface area contributed by atoms with Crippen molar-refractivity contribution in [3.05, 3.63) is 81.5 Å². The van der Waals surface area contributed by atoms with Gasteiger partial charge in [0.1, 0.15) is 0 Å². The fraction of sp³-hybridized carbons (Fsp3) is 0.333. The van der Waals surface area contributed by atoms with Crippen molar-refractivity contribution in [3.63, 3.8) is 0 Å². The third kappa shape index (κ3) is 5.01. The number of hydrogen-bond donors (Lipinski definition) is 1. The van der Waals surface area contributed by atoms with Gasteiger partial charge in [-0.2, -0.15) is 26.3 Å². The predicted molar refractivity (Wildman–Crippen MR) is 151 cm³/mol. The largest absolute Gasteiger partial charge is 0.502 e. The second kappa shape index (κ2) is 10.8. The van der Waals surface area contributed by atoms with Crippen LogP contribution >= 0.6 is 0 Å². The van der Waals surface area contributed by atoms with E-state index in [1.807, 2.05) is 0 Å². The summed E-state index contributed by atoms with van der Waals surface area (Å²) in [5.41, 5.74) is -3.10. The Balaban J connectivity index is 1.50. The van der Waals surface area contributed by atoms with Crippen molar-refractivity contribution in [1.82, 2.24) is 0 Å². The van der Waals surface area contributed by atoms with Gasteiger partial charge in [-0.15, -0.1) is 0 Å². The molecule has 2 amide bonds. The smallest absolute Gasteiger partial charge is 0.416 e. The van der Waals surface area contributed by atoms with Gasteiger partial charge in [-0.25, -0.2) is 4.90 Å². The summed E-state index contributed by atoms with van der Waals surface area (Å²) in [6.07, 6.45) is -7.95. The number of alkyl halides is 6. The third-order valence-electron chi connectivity index (χ3n) is 9.23. The minimum Gasteiger partial charge on any atom is -0.502 e. The molecular formula is C33H25F6NO7. The summed E-state index contributed by atoms with van der Waals surface area (Å²) >= 11 is 0. The number of hydrogen-bond acceptors (Lipinski definition) is 7. The van der Waals surface area contributed by atoms with Crippen LogP contribution in [0.3, 0.4) is 0 Å². The minimum atomic E-state index is -5.21. The Kier molecular flexibility index (Phi) is 7.40. The number of aromatic hydroxyl groups is 1. The number of carbonyl (C=O) groups is 4. The second-order valence-corrected chi connectivity index (χ2v) is 11.8. The fourth-order valence-corrected chi connectivity index (χ4v) is 7.14. The molecule has 2 aromatic carbocycles. The van der Waals surface area contributed by atoms with E-state index in [0.29, 0.717) is 28.2 Å². The van der Waals surface area contributed by atoms with Crippen molar-refractivity contribution in [2.45, 2.75) is 38.0 Å². The van der Waals surface area contributed by atoms with Gasteiger partial charge in [0.25, 0.3) is 0 Å². The highest BCUT2D eigenvalue weighted by atomic mass is 19.4. The lowest BCUT2D eigenvalue weighted by Crippen LogP contribution is -2.39. The van der Waals surface area contributed by atoms with E-state index in [4.69, 9.17) is 9.47 Å². The average molecular weight is 662 g/mol. The van der Waals surface area contributed by atoms with Crippen molar-refractivity contribution in [1.29, 1.82) is 0 Å². The molecule has 8 nitrogen and oxygen atoms in total. The number of ketones is 2. The Morgan fingerprint density at radius 2 is 1.40 bits per heavy atom. The van der Waals surface area contributed by atoms with Gasteiger partial charge in [0, 0.05) is 22.6 Å². The molecule has 246 valence electrons. The van der Waals surface area contributed by atoms with Gasteiger partial charge in [-0.3, -0.25) is 19.2 Å². The SMILES string of the molecule is COc1cc([C@H]2C3=CC[C@@H]4C(=O)N(c5cc(C(F)(F)F)cc(C(F)(F)F)c5)C(=O)[C@@H]4[C@@H]3CC3=C2C(=O)C(C)=CC3=O)cc(OC)c1O. The zero-order valence-electron chi connectivity index (χ0n) is 24.9. The molecule has 1 fully saturated rings. The Morgan fingerprint density at radius 1 is 0.830 bits per heavy atom. The Labute approximate surface area is 262 Å². The van der Waals surface area contributed by atoms with Crippen LogP contribution < -0.4 is 14.4 Å². The van der Waals surface area contributed by atoms with E-state index in [9.17, 15) is 50.6 Å². The zero-order chi connectivity index (χ0) is 34.3. The number of carbonyl (C=O) groups excluding carboxylic acids is 4. The molecule has 0 spiro atoms. The van der Waals surface area contributed by atoms with E-state index in [2.05, 4.69) is 0 Å². The van der Waals surface area contributed by atoms with Crippen LogP contribution in [0, 0.1) is 17.8 Å². The number of benzene rings is 2. The van der Waals surface area contributed by atoms with Gasteiger partial charge in [0.15, 0.2) is 23.1 Å². The van der Waals surface area contributed by atoms with Gasteiger partial charge in [-0.05, 0) is 67.7 Å². The molecule has 4 aliphatic rings. The summed E-state index contributed by atoms with van der Waals surface area (Å²) in [5.74, 6) is -7.69. The molecule has 4 atom stereocenters. The first-order chi connectivity index (χ1) is 22.0. The summed E-state index contributed by atoms with van der Waals surface area (Å²) < 4.78 is 92.5. The van der Waals surface area contributed by atoms with Crippen LogP contribution in [0.5, 0.6) is 17.2 Å². The number of nitrogens with zero attached hydrogens (tertiary/aromatic N) is 1. The highest BCUT2D eigenvalue weighted by molar-refractivity contribution is 6.25. The van der Waals surface area contributed by atoms with Crippen LogP contribution in [-0.2, 0) is 31.5 Å². The number of Topliss-reactive ketones (excluding diaryl/α,β-unsaturated/α-hetero) is 1. The van der Waals surface area contributed by atoms with E-state index >= 15 is 0 Å². The summed E-state index contributed by atoms with van der Waals surface area (Å²) in [6.45, 7) is 1.47. The lowest BCUT2D eigenvalue weighted by molar-refractivity contribution is -0.143. The molecule has 0 bridgehead atoms. The van der Waals surface area contributed by atoms with E-state index in [-0.39, 0.29) is 52.9 Å². The van der Waals surface area contributed by atoms with Crippen molar-refractivity contribution in [3.8, 4) is 17.2 Å². The lowest BCUT2D eigenvalue weighted by Gasteiger charge is -2.42. The highest BCUT2D eigenvalue weighted by Crippen LogP contribution is 2.57. The molecule has 0 saturated carbocycles. The Hall–Kier alpha value is -4.88. The molecule has 1 saturated heterocycles. The number of halogens is 6. The number of ether oxygens (including phenoxy) is 2. The summed E-state index contributed by atoms with van der Waals surface area (Å²) in [4.78, 5) is 55.0. The molecule has 2 aromatic rings. The van der Waals surface area contributed by atoms with Gasteiger partial charge in [0.2, 0.25) is 17.6 Å². The van der Waals surface area contributed by atoms with E-state index < -0.39 is 76.2 Å². The van der Waals surface area contributed by atoms with Crippen molar-refractivity contribution in [2.75, 3.05) is 19.1 Å². The molecule has 0 radical (unpaired) electrons. The van der Waals surface area contributed by atoms with Crippen LogP contribution in [0.4, 0.5) is 32.0 Å². The number of phenolic OH excluding ortho intramolecular Hbond substituents is 1. The van der Waals surface area contributed by atoms with Crippen molar-refractivity contribution < 1.29 is 60.1 Å². The maximum atomic E-state index is 14.0. The Bertz CT molecular complexity index is 1810. The molecule has 14 heteroatoms. The molecule has 6 rings (SSSR count). The first-order valence-electron chi connectivity index (χ1n) is 14.3. The number of amides is 2. The maximum Gasteiger partial charge on any atom is 0.416 e. The number of fused-ring (bicyclic) bond motifs is 3. The van der Waals surface area contributed by atoms with Crippen LogP contribution in [0.25, 0.3) is 0 Å². The molecule has 0 aromatic heterocycles. The molecular weight excluding hydrogens is 636 g/mol. The molecule has 1 aliphatic heterocycles. The first-order valence-corrected chi connectivity index (χ1v) is 14.3. The number of imide groups is 1. The van der Waals surface area contributed by atoms with Gasteiger partial charge in [0.05, 0.1) is 42.9 Å². The van der Waals surface area contributed by atoms with Crippen LogP contribution in [-0.4, -0.2) is 42.7 Å². The molecule has 3 aliphatic carbocycles. The predicted octanol–water partition coefficient (Wildman–Crippen LogP) is 6.08. The highest BCUT2D eigenvalue weighted by Gasteiger charge is 2.57. The quantitative estimate of drug-likeness (QED) is 0.183. The van der Waals surface area contributed by atoms with Crippen LogP contribution in [0.15, 0.2) is 64.8 Å². The molecule has 1 heterocycles. The van der Waals surface area contributed by atoms with Crippen LogP contribution in [0.2, 0.25) is 0 Å². The normalized spacial score (nSPS) is 24.5. The first kappa shape index (κ1) is 32.1. The lowest BCUT2D eigenvalue weighted by atomic mass is 9.59. The fourth-order valence-electron chi connectivity index (χ4n) is 7.14. The van der Waals surface area contributed by atoms with Crippen LogP contribution in [0.1, 0.15) is 42.4 Å². The number of phenols is 1. The topological polar surface area (TPSA) is 110 Å². The second-order valence-electron chi connectivity index (χ2n) is 11.8. The van der Waals surface area contributed by atoms with Crippen molar-refractivity contribution >= 4 is 29.1 Å². The average Bonchev–Trinajstić information content (AvgIpc) is 3.27. The summed E-state index contributed by atoms with van der Waals surface area (Å²) in [7, 11) is 2.57. The third-order valence-corrected chi connectivity index (χ3v) is 9.23. The summed E-state index contributed by atoms with van der Waals surface area (Å²) in [6, 6.07) is 3.42. The van der Waals surface area contributed by atoms with Crippen molar-refractivity contribution in [2.24, 2.45) is 17.8 Å². The standard InChI is InChI=1S/C33H25F6NO7/c1-13-6-22(41)21-12-20-18(25(27(21)28(13)42)14-7-23(46-2)29(43)24(8-14)47-3)4-5-19-26(20)31(45)40(30(19)44)17-10-15(32(34,35)36)9-16(11-17)33(37,38)39/h4,6-11,19-20,25-26,43H,5,12H2,1-3H3/t19-,20+,25-,26-/m0/s1. The number of rotatable bonds is 4. The molecule has 47 heavy (non-hydrogen) atoms. The zero-order valence-corrected chi connectivity index (χ0v) is 24.9. The van der Waals surface area contributed by atoms with E-state index in [1.54, 1.807) is 6.08 Å². The molecule has 1 N–H and O–H groups in total. The number of anilines is 1. The monoisotopic (exact) mass is 661 g/mol. The maximum absolute atomic E-state index is 14.0. The number of methoxy groups -OCH3 is 2. The van der Waals surface area contributed by atoms with Gasteiger partial charge in [-0.1, -0.05) is 11.6 Å². The van der Waals surface area contributed by atoms with Gasteiger partial charge >= 0.3 is 12.4 Å². The minimum absolute atomic E-state index is 0.0249.